The van der Waals surface area contributed by atoms with Gasteiger partial charge in [0, 0.05) is 12.7 Å². The van der Waals surface area contributed by atoms with E-state index in [1.165, 1.54) is 10.3 Å². The molecule has 0 unspecified atom stereocenters. The molecule has 1 aromatic heterocycles. The molecule has 0 aliphatic rings. The van der Waals surface area contributed by atoms with E-state index >= 15 is 0 Å². The van der Waals surface area contributed by atoms with E-state index in [4.69, 9.17) is 12.2 Å². The number of hydrogen-bond acceptors (Lipinski definition) is 3. The molecule has 23 heavy (non-hydrogen) atoms. The van der Waals surface area contributed by atoms with Crippen molar-refractivity contribution < 1.29 is 0 Å². The van der Waals surface area contributed by atoms with Crippen LogP contribution in [0.5, 0.6) is 0 Å². The molecular weight excluding hydrogens is 322 g/mol. The van der Waals surface area contributed by atoms with E-state index in [2.05, 4.69) is 41.5 Å². The molecule has 0 radical (unpaired) electrons. The number of para-hydroxylation sites is 2. The number of aryl methyl sites for hydroxylation is 1. The predicted molar refractivity (Wildman–Crippen MR) is 103 cm³/mol. The van der Waals surface area contributed by atoms with Crippen LogP contribution in [0.25, 0.3) is 10.2 Å². The molecule has 0 saturated heterocycles. The zero-order valence-electron chi connectivity index (χ0n) is 13.2. The van der Waals surface area contributed by atoms with Crippen molar-refractivity contribution in [3.05, 3.63) is 59.1 Å². The summed E-state index contributed by atoms with van der Waals surface area (Å²) >= 11 is 7.25. The standard InChI is InChI=1S/C18H19N3S2/c1-3-13-8-4-5-9-14(13)20-18(22)21(2)12-17-19-15-10-6-7-11-16(15)23-17/h4-11H,3,12H2,1-2H3,(H,20,22). The molecule has 5 heteroatoms. The molecule has 0 amide bonds. The van der Waals surface area contributed by atoms with Crippen LogP contribution >= 0.6 is 23.6 Å². The third kappa shape index (κ3) is 3.68. The molecule has 1 heterocycles. The summed E-state index contributed by atoms with van der Waals surface area (Å²) in [5, 5.41) is 5.13. The topological polar surface area (TPSA) is 28.2 Å². The number of anilines is 1. The molecule has 0 aliphatic heterocycles. The van der Waals surface area contributed by atoms with Crippen molar-refractivity contribution in [2.24, 2.45) is 0 Å². The van der Waals surface area contributed by atoms with Crippen molar-refractivity contribution in [1.29, 1.82) is 0 Å². The van der Waals surface area contributed by atoms with Gasteiger partial charge in [0.25, 0.3) is 0 Å². The van der Waals surface area contributed by atoms with Crippen molar-refractivity contribution in [1.82, 2.24) is 9.88 Å². The summed E-state index contributed by atoms with van der Waals surface area (Å²) in [7, 11) is 2.00. The Hall–Kier alpha value is -1.98. The number of fused-ring (bicyclic) bond motifs is 1. The highest BCUT2D eigenvalue weighted by atomic mass is 32.1. The van der Waals surface area contributed by atoms with Gasteiger partial charge in [0.2, 0.25) is 0 Å². The third-order valence-electron chi connectivity index (χ3n) is 3.70. The van der Waals surface area contributed by atoms with E-state index in [-0.39, 0.29) is 0 Å². The van der Waals surface area contributed by atoms with Gasteiger partial charge in [-0.15, -0.1) is 11.3 Å². The highest BCUT2D eigenvalue weighted by Crippen LogP contribution is 2.23. The first-order valence-electron chi connectivity index (χ1n) is 7.62. The monoisotopic (exact) mass is 341 g/mol. The van der Waals surface area contributed by atoms with Crippen molar-refractivity contribution in [2.45, 2.75) is 19.9 Å². The van der Waals surface area contributed by atoms with Crippen molar-refractivity contribution in [2.75, 3.05) is 12.4 Å². The Kier molecular flexibility index (Phi) is 4.88. The average molecular weight is 342 g/mol. The van der Waals surface area contributed by atoms with Gasteiger partial charge in [-0.25, -0.2) is 4.98 Å². The van der Waals surface area contributed by atoms with Crippen molar-refractivity contribution in [3.63, 3.8) is 0 Å². The summed E-state index contributed by atoms with van der Waals surface area (Å²) in [5.74, 6) is 0. The first-order valence-corrected chi connectivity index (χ1v) is 8.84. The molecule has 0 fully saturated rings. The third-order valence-corrected chi connectivity index (χ3v) is 5.13. The van der Waals surface area contributed by atoms with E-state index in [9.17, 15) is 0 Å². The Morgan fingerprint density at radius 1 is 1.17 bits per heavy atom. The second-order valence-corrected chi connectivity index (χ2v) is 6.87. The Balaban J connectivity index is 1.69. The lowest BCUT2D eigenvalue weighted by Gasteiger charge is -2.21. The number of thiazole rings is 1. The van der Waals surface area contributed by atoms with Crippen molar-refractivity contribution >= 4 is 44.6 Å². The molecule has 0 atom stereocenters. The summed E-state index contributed by atoms with van der Waals surface area (Å²) in [5.41, 5.74) is 3.40. The van der Waals surface area contributed by atoms with Gasteiger partial charge in [-0.2, -0.15) is 0 Å². The fraction of sp³-hybridized carbons (Fsp3) is 0.222. The molecule has 3 rings (SSSR count). The molecule has 118 valence electrons. The number of benzene rings is 2. The molecular formula is C18H19N3S2. The van der Waals surface area contributed by atoms with Crippen LogP contribution in [-0.4, -0.2) is 22.0 Å². The van der Waals surface area contributed by atoms with Gasteiger partial charge in [-0.05, 0) is 42.4 Å². The first-order chi connectivity index (χ1) is 11.2. The van der Waals surface area contributed by atoms with Crippen LogP contribution in [0.4, 0.5) is 5.69 Å². The predicted octanol–water partition coefficient (Wildman–Crippen LogP) is 4.69. The van der Waals surface area contributed by atoms with E-state index < -0.39 is 0 Å². The Morgan fingerprint density at radius 3 is 2.70 bits per heavy atom. The summed E-state index contributed by atoms with van der Waals surface area (Å²) < 4.78 is 1.21. The molecule has 0 aliphatic carbocycles. The number of rotatable bonds is 4. The van der Waals surface area contributed by atoms with Crippen LogP contribution in [0.15, 0.2) is 48.5 Å². The zero-order valence-corrected chi connectivity index (χ0v) is 14.9. The van der Waals surface area contributed by atoms with Crippen LogP contribution in [0.2, 0.25) is 0 Å². The summed E-state index contributed by atoms with van der Waals surface area (Å²) in [6.45, 7) is 2.86. The lowest BCUT2D eigenvalue weighted by Crippen LogP contribution is -2.30. The summed E-state index contributed by atoms with van der Waals surface area (Å²) in [6.07, 6.45) is 0.980. The molecule has 3 aromatic rings. The van der Waals surface area contributed by atoms with Gasteiger partial charge < -0.3 is 10.2 Å². The van der Waals surface area contributed by atoms with Gasteiger partial charge in [-0.3, -0.25) is 0 Å². The van der Waals surface area contributed by atoms with E-state index in [1.54, 1.807) is 11.3 Å². The highest BCUT2D eigenvalue weighted by molar-refractivity contribution is 7.80. The van der Waals surface area contributed by atoms with E-state index in [0.29, 0.717) is 11.7 Å². The van der Waals surface area contributed by atoms with Crippen LogP contribution < -0.4 is 5.32 Å². The SMILES string of the molecule is CCc1ccccc1NC(=S)N(C)Cc1nc2ccccc2s1. The molecule has 1 N–H and O–H groups in total. The smallest absolute Gasteiger partial charge is 0.173 e. The van der Waals surface area contributed by atoms with Crippen LogP contribution in [0.3, 0.4) is 0 Å². The lowest BCUT2D eigenvalue weighted by molar-refractivity contribution is 0.507. The second kappa shape index (κ2) is 7.06. The molecule has 2 aromatic carbocycles. The molecule has 0 bridgehead atoms. The number of hydrogen-bond donors (Lipinski definition) is 1. The Labute approximate surface area is 146 Å². The zero-order chi connectivity index (χ0) is 16.2. The Morgan fingerprint density at radius 2 is 1.91 bits per heavy atom. The maximum absolute atomic E-state index is 5.54. The number of nitrogens with zero attached hydrogens (tertiary/aromatic N) is 2. The van der Waals surface area contributed by atoms with Gasteiger partial charge >= 0.3 is 0 Å². The maximum Gasteiger partial charge on any atom is 0.173 e. The normalized spacial score (nSPS) is 10.7. The molecule has 3 nitrogen and oxygen atoms in total. The maximum atomic E-state index is 5.54. The number of thiocarbonyl (C=S) groups is 1. The number of aromatic nitrogens is 1. The van der Waals surface area contributed by atoms with Gasteiger partial charge in [0.15, 0.2) is 5.11 Å². The highest BCUT2D eigenvalue weighted by Gasteiger charge is 2.10. The van der Waals surface area contributed by atoms with Gasteiger partial charge in [0.05, 0.1) is 16.8 Å². The first kappa shape index (κ1) is 15.9. The number of nitrogens with one attached hydrogen (secondary N) is 1. The average Bonchev–Trinajstić information content (AvgIpc) is 2.97. The van der Waals surface area contributed by atoms with Gasteiger partial charge in [-0.1, -0.05) is 37.3 Å². The van der Waals surface area contributed by atoms with Crippen LogP contribution in [0.1, 0.15) is 17.5 Å². The molecule has 0 spiro atoms. The van der Waals surface area contributed by atoms with Crippen LogP contribution in [-0.2, 0) is 13.0 Å². The largest absolute Gasteiger partial charge is 0.345 e. The summed E-state index contributed by atoms with van der Waals surface area (Å²) in [4.78, 5) is 6.69. The van der Waals surface area contributed by atoms with Crippen LogP contribution in [0, 0.1) is 0 Å². The fourth-order valence-corrected chi connectivity index (χ4v) is 3.62. The minimum Gasteiger partial charge on any atom is -0.345 e. The summed E-state index contributed by atoms with van der Waals surface area (Å²) in [6, 6.07) is 16.5. The Bertz CT molecular complexity index is 793. The van der Waals surface area contributed by atoms with E-state index in [0.717, 1.165) is 22.6 Å². The quantitative estimate of drug-likeness (QED) is 0.697. The minimum atomic E-state index is 0.708. The molecule has 0 saturated carbocycles. The van der Waals surface area contributed by atoms with Crippen molar-refractivity contribution in [3.8, 4) is 0 Å². The minimum absolute atomic E-state index is 0.708. The van der Waals surface area contributed by atoms with Gasteiger partial charge in [0.1, 0.15) is 5.01 Å². The second-order valence-electron chi connectivity index (χ2n) is 5.37. The fourth-order valence-electron chi connectivity index (χ4n) is 2.42. The van der Waals surface area contributed by atoms with E-state index in [1.807, 2.05) is 36.2 Å². The lowest BCUT2D eigenvalue weighted by atomic mass is 10.1.